The Morgan fingerprint density at radius 3 is 2.81 bits per heavy atom. The first-order valence-corrected chi connectivity index (χ1v) is 9.01. The summed E-state index contributed by atoms with van der Waals surface area (Å²) in [4.78, 5) is 27.6. The maximum Gasteiger partial charge on any atom is 0.433 e. The van der Waals surface area contributed by atoms with Gasteiger partial charge in [-0.15, -0.1) is 0 Å². The number of carbonyl (C=O) groups is 1. The number of aromatic nitrogens is 3. The number of anilines is 1. The average molecular weight is 425 g/mol. The van der Waals surface area contributed by atoms with Gasteiger partial charge in [-0.05, 0) is 42.8 Å². The van der Waals surface area contributed by atoms with E-state index in [0.29, 0.717) is 16.7 Å². The van der Waals surface area contributed by atoms with E-state index in [0.717, 1.165) is 12.3 Å². The number of amides is 1. The number of alkyl halides is 3. The van der Waals surface area contributed by atoms with Gasteiger partial charge in [0.25, 0.3) is 5.91 Å². The summed E-state index contributed by atoms with van der Waals surface area (Å²) in [6.07, 6.45) is 1.14. The lowest BCUT2D eigenvalue weighted by atomic mass is 9.98. The molecule has 0 saturated heterocycles. The third-order valence-corrected chi connectivity index (χ3v) is 4.69. The van der Waals surface area contributed by atoms with Gasteiger partial charge >= 0.3 is 6.18 Å². The van der Waals surface area contributed by atoms with Crippen LogP contribution in [0.25, 0.3) is 11.1 Å². The first-order valence-electron chi connectivity index (χ1n) is 9.01. The summed E-state index contributed by atoms with van der Waals surface area (Å²) >= 11 is 0. The molecule has 0 aliphatic carbocycles. The predicted molar refractivity (Wildman–Crippen MR) is 106 cm³/mol. The molecular formula is C21H14F3N5O2. The molecule has 3 aromatic heterocycles. The minimum absolute atomic E-state index is 0.0615. The van der Waals surface area contributed by atoms with Crippen LogP contribution in [0.5, 0.6) is 0 Å². The highest BCUT2D eigenvalue weighted by Crippen LogP contribution is 2.31. The Labute approximate surface area is 173 Å². The van der Waals surface area contributed by atoms with E-state index in [2.05, 4.69) is 20.7 Å². The second-order valence-electron chi connectivity index (χ2n) is 6.63. The van der Waals surface area contributed by atoms with Crippen molar-refractivity contribution in [2.24, 2.45) is 0 Å². The maximum absolute atomic E-state index is 13.2. The Balaban J connectivity index is 1.83. The SMILES string of the molecule is CC1=C(c2nn3ccccc3c2C(=O)Nc2ccnc(C(F)(F)F)c2)C=CNC1=C=O. The molecule has 156 valence electrons. The number of pyridine rings is 2. The number of rotatable bonds is 3. The van der Waals surface area contributed by atoms with Gasteiger partial charge in [-0.3, -0.25) is 9.78 Å². The highest BCUT2D eigenvalue weighted by Gasteiger charge is 2.33. The lowest BCUT2D eigenvalue weighted by Gasteiger charge is -2.14. The van der Waals surface area contributed by atoms with Gasteiger partial charge in [0.05, 0.1) is 11.1 Å². The molecule has 4 rings (SSSR count). The standard InChI is InChI=1S/C21H14F3N5O2/c1-12-14(6-8-25-15(12)11-30)19-18(16-4-2-3-9-29(16)28-19)20(31)27-13-5-7-26-17(10-13)21(22,23)24/h2-10,25H,1H3,(H,26,27,31). The molecule has 0 fully saturated rings. The van der Waals surface area contributed by atoms with Crippen molar-refractivity contribution < 1.29 is 22.8 Å². The molecule has 7 nitrogen and oxygen atoms in total. The van der Waals surface area contributed by atoms with Gasteiger partial charge in [-0.2, -0.15) is 18.3 Å². The van der Waals surface area contributed by atoms with Crippen LogP contribution in [0.1, 0.15) is 28.7 Å². The van der Waals surface area contributed by atoms with Crippen LogP contribution in [0.15, 0.2) is 66.3 Å². The van der Waals surface area contributed by atoms with Crippen molar-refractivity contribution in [2.75, 3.05) is 5.32 Å². The largest absolute Gasteiger partial charge is 0.433 e. The summed E-state index contributed by atoms with van der Waals surface area (Å²) in [5.74, 6) is 1.14. The highest BCUT2D eigenvalue weighted by atomic mass is 19.4. The van der Waals surface area contributed by atoms with Crippen molar-refractivity contribution in [2.45, 2.75) is 13.1 Å². The third-order valence-electron chi connectivity index (χ3n) is 4.69. The van der Waals surface area contributed by atoms with E-state index in [-0.39, 0.29) is 22.6 Å². The number of hydrogen-bond acceptors (Lipinski definition) is 5. The molecule has 0 bridgehead atoms. The third kappa shape index (κ3) is 3.72. The number of fused-ring (bicyclic) bond motifs is 1. The highest BCUT2D eigenvalue weighted by molar-refractivity contribution is 6.12. The van der Waals surface area contributed by atoms with E-state index < -0.39 is 17.8 Å². The minimum atomic E-state index is -4.64. The molecule has 0 aromatic carbocycles. The quantitative estimate of drug-likeness (QED) is 0.626. The molecule has 0 spiro atoms. The summed E-state index contributed by atoms with van der Waals surface area (Å²) in [6, 6.07) is 7.12. The van der Waals surface area contributed by atoms with Crippen molar-refractivity contribution >= 4 is 28.6 Å². The molecule has 2 N–H and O–H groups in total. The van der Waals surface area contributed by atoms with E-state index in [4.69, 9.17) is 0 Å². The van der Waals surface area contributed by atoms with E-state index in [1.807, 2.05) is 0 Å². The Kier molecular flexibility index (Phi) is 4.92. The molecule has 10 heteroatoms. The van der Waals surface area contributed by atoms with Gasteiger partial charge < -0.3 is 10.6 Å². The van der Waals surface area contributed by atoms with E-state index in [1.165, 1.54) is 16.8 Å². The summed E-state index contributed by atoms with van der Waals surface area (Å²) < 4.78 is 40.4. The first-order chi connectivity index (χ1) is 14.8. The fraction of sp³-hybridized carbons (Fsp3) is 0.0952. The Morgan fingerprint density at radius 2 is 2.06 bits per heavy atom. The van der Waals surface area contributed by atoms with Crippen molar-refractivity contribution in [3.8, 4) is 0 Å². The average Bonchev–Trinajstić information content (AvgIpc) is 3.13. The van der Waals surface area contributed by atoms with Crippen molar-refractivity contribution in [3.05, 3.63) is 83.2 Å². The topological polar surface area (TPSA) is 88.4 Å². The second kappa shape index (κ2) is 7.58. The zero-order valence-corrected chi connectivity index (χ0v) is 16.0. The van der Waals surface area contributed by atoms with Gasteiger partial charge in [0.15, 0.2) is 5.94 Å². The Morgan fingerprint density at radius 1 is 1.26 bits per heavy atom. The fourth-order valence-corrected chi connectivity index (χ4v) is 3.21. The summed E-state index contributed by atoms with van der Waals surface area (Å²) in [5, 5.41) is 9.72. The molecule has 0 unspecified atom stereocenters. The number of dihydropyridines is 1. The number of nitrogens with one attached hydrogen (secondary N) is 2. The number of halogens is 3. The molecule has 31 heavy (non-hydrogen) atoms. The smallest absolute Gasteiger partial charge is 0.352 e. The summed E-state index contributed by atoms with van der Waals surface area (Å²) in [6.45, 7) is 1.68. The van der Waals surface area contributed by atoms with Crippen LogP contribution >= 0.6 is 0 Å². The lowest BCUT2D eigenvalue weighted by Crippen LogP contribution is -2.17. The Hall–Kier alpha value is -4.17. The lowest BCUT2D eigenvalue weighted by molar-refractivity contribution is -0.141. The van der Waals surface area contributed by atoms with Gasteiger partial charge in [-0.25, -0.2) is 9.31 Å². The second-order valence-corrected chi connectivity index (χ2v) is 6.63. The number of allylic oxidation sites excluding steroid dienone is 3. The molecule has 1 aliphatic heterocycles. The summed E-state index contributed by atoms with van der Waals surface area (Å²) in [7, 11) is 0. The Bertz CT molecular complexity index is 1310. The van der Waals surface area contributed by atoms with Crippen LogP contribution in [0.4, 0.5) is 18.9 Å². The van der Waals surface area contributed by atoms with Crippen LogP contribution in [-0.2, 0) is 11.0 Å². The molecule has 1 amide bonds. The van der Waals surface area contributed by atoms with Crippen LogP contribution in [0.3, 0.4) is 0 Å². The number of carbonyl (C=O) groups excluding carboxylic acids is 2. The van der Waals surface area contributed by atoms with Crippen LogP contribution in [0, 0.1) is 0 Å². The predicted octanol–water partition coefficient (Wildman–Crippen LogP) is 3.61. The number of hydrogen-bond donors (Lipinski definition) is 2. The van der Waals surface area contributed by atoms with Crippen LogP contribution in [0.2, 0.25) is 0 Å². The van der Waals surface area contributed by atoms with Gasteiger partial charge in [0.1, 0.15) is 17.1 Å². The van der Waals surface area contributed by atoms with Gasteiger partial charge in [0, 0.05) is 29.9 Å². The molecule has 0 atom stereocenters. The van der Waals surface area contributed by atoms with Crippen molar-refractivity contribution in [3.63, 3.8) is 0 Å². The monoisotopic (exact) mass is 425 g/mol. The van der Waals surface area contributed by atoms with Crippen LogP contribution < -0.4 is 10.6 Å². The number of nitrogens with zero attached hydrogens (tertiary/aromatic N) is 3. The zero-order chi connectivity index (χ0) is 22.2. The fourth-order valence-electron chi connectivity index (χ4n) is 3.21. The molecule has 4 heterocycles. The van der Waals surface area contributed by atoms with E-state index in [1.54, 1.807) is 43.3 Å². The maximum atomic E-state index is 13.2. The first kappa shape index (κ1) is 20.1. The van der Waals surface area contributed by atoms with Crippen molar-refractivity contribution in [1.29, 1.82) is 0 Å². The molecule has 3 aromatic rings. The van der Waals surface area contributed by atoms with E-state index in [9.17, 15) is 22.8 Å². The summed E-state index contributed by atoms with van der Waals surface area (Å²) in [5.41, 5.74) is 0.928. The van der Waals surface area contributed by atoms with Gasteiger partial charge in [-0.1, -0.05) is 6.07 Å². The van der Waals surface area contributed by atoms with E-state index >= 15 is 0 Å². The normalized spacial score (nSPS) is 13.9. The minimum Gasteiger partial charge on any atom is -0.352 e. The molecule has 0 saturated carbocycles. The molecular weight excluding hydrogens is 411 g/mol. The van der Waals surface area contributed by atoms with Crippen molar-refractivity contribution in [1.82, 2.24) is 19.9 Å². The van der Waals surface area contributed by atoms with Crippen LogP contribution in [-0.4, -0.2) is 26.4 Å². The molecule has 0 radical (unpaired) electrons. The zero-order valence-electron chi connectivity index (χ0n) is 16.0. The molecule has 1 aliphatic rings. The van der Waals surface area contributed by atoms with Gasteiger partial charge in [0.2, 0.25) is 0 Å².